The smallest absolute Gasteiger partial charge is 0.0493 e. The summed E-state index contributed by atoms with van der Waals surface area (Å²) in [6.07, 6.45) is 1.91. The number of nitrogens with two attached hydrogens (primary N) is 1. The highest BCUT2D eigenvalue weighted by molar-refractivity contribution is 5.60. The number of nitrogens with zero attached hydrogens (tertiary/aromatic N) is 1. The molecular weight excluding hydrogens is 160 g/mol. The lowest BCUT2D eigenvalue weighted by Crippen LogP contribution is -2.24. The Labute approximate surface area is 78.7 Å². The highest BCUT2D eigenvalue weighted by Crippen LogP contribution is 2.32. The summed E-state index contributed by atoms with van der Waals surface area (Å²) < 4.78 is 0. The SMILES string of the molecule is C=CCN1CC(N)c2ccccc21. The zero-order valence-corrected chi connectivity index (χ0v) is 7.61. The van der Waals surface area contributed by atoms with Crippen molar-refractivity contribution in [2.45, 2.75) is 6.04 Å². The number of hydrogen-bond acceptors (Lipinski definition) is 2. The van der Waals surface area contributed by atoms with Crippen LogP contribution in [0.5, 0.6) is 0 Å². The number of anilines is 1. The minimum Gasteiger partial charge on any atom is -0.366 e. The van der Waals surface area contributed by atoms with Crippen LogP contribution in [0.4, 0.5) is 5.69 Å². The van der Waals surface area contributed by atoms with Gasteiger partial charge < -0.3 is 10.6 Å². The Morgan fingerprint density at radius 3 is 3.08 bits per heavy atom. The lowest BCUT2D eigenvalue weighted by molar-refractivity contribution is 0.745. The quantitative estimate of drug-likeness (QED) is 0.691. The van der Waals surface area contributed by atoms with Crippen molar-refractivity contribution in [1.82, 2.24) is 0 Å². The van der Waals surface area contributed by atoms with Gasteiger partial charge in [0, 0.05) is 24.8 Å². The molecule has 0 bridgehead atoms. The van der Waals surface area contributed by atoms with E-state index < -0.39 is 0 Å². The van der Waals surface area contributed by atoms with E-state index in [9.17, 15) is 0 Å². The number of benzene rings is 1. The summed E-state index contributed by atoms with van der Waals surface area (Å²) in [5.74, 6) is 0. The molecule has 0 aliphatic carbocycles. The molecule has 13 heavy (non-hydrogen) atoms. The highest BCUT2D eigenvalue weighted by Gasteiger charge is 2.23. The average molecular weight is 174 g/mol. The molecule has 0 fully saturated rings. The lowest BCUT2D eigenvalue weighted by Gasteiger charge is -2.16. The molecule has 1 aliphatic heterocycles. The average Bonchev–Trinajstić information content (AvgIpc) is 2.46. The molecule has 1 unspecified atom stereocenters. The Balaban J connectivity index is 2.35. The zero-order chi connectivity index (χ0) is 9.26. The first-order chi connectivity index (χ1) is 6.33. The molecule has 0 amide bonds. The van der Waals surface area contributed by atoms with E-state index in [-0.39, 0.29) is 6.04 Å². The molecule has 1 aromatic rings. The third kappa shape index (κ3) is 1.33. The Kier molecular flexibility index (Phi) is 2.07. The maximum Gasteiger partial charge on any atom is 0.0493 e. The van der Waals surface area contributed by atoms with Crippen LogP contribution in [-0.4, -0.2) is 13.1 Å². The molecule has 0 saturated heterocycles. The molecule has 1 aliphatic rings. The van der Waals surface area contributed by atoms with Gasteiger partial charge in [0.25, 0.3) is 0 Å². The summed E-state index contributed by atoms with van der Waals surface area (Å²) in [5, 5.41) is 0. The van der Waals surface area contributed by atoms with Crippen LogP contribution >= 0.6 is 0 Å². The van der Waals surface area contributed by atoms with Gasteiger partial charge in [-0.1, -0.05) is 24.3 Å². The van der Waals surface area contributed by atoms with Gasteiger partial charge in [0.1, 0.15) is 0 Å². The topological polar surface area (TPSA) is 29.3 Å². The summed E-state index contributed by atoms with van der Waals surface area (Å²) >= 11 is 0. The molecule has 2 nitrogen and oxygen atoms in total. The monoisotopic (exact) mass is 174 g/mol. The minimum absolute atomic E-state index is 0.163. The summed E-state index contributed by atoms with van der Waals surface area (Å²) in [6, 6.07) is 8.47. The largest absolute Gasteiger partial charge is 0.366 e. The standard InChI is InChI=1S/C11H14N2/c1-2-7-13-8-10(12)9-5-3-4-6-11(9)13/h2-6,10H,1,7-8,12H2. The first-order valence-electron chi connectivity index (χ1n) is 4.53. The van der Waals surface area contributed by atoms with Gasteiger partial charge in [0.15, 0.2) is 0 Å². The molecule has 0 radical (unpaired) electrons. The van der Waals surface area contributed by atoms with Gasteiger partial charge in [-0.15, -0.1) is 6.58 Å². The van der Waals surface area contributed by atoms with Gasteiger partial charge in [0.2, 0.25) is 0 Å². The molecule has 1 atom stereocenters. The summed E-state index contributed by atoms with van der Waals surface area (Å²) in [4.78, 5) is 2.26. The third-order valence-electron chi connectivity index (χ3n) is 2.44. The van der Waals surface area contributed by atoms with Crippen LogP contribution in [0.2, 0.25) is 0 Å². The van der Waals surface area contributed by atoms with Gasteiger partial charge >= 0.3 is 0 Å². The number of rotatable bonds is 2. The fraction of sp³-hybridized carbons (Fsp3) is 0.273. The second kappa shape index (κ2) is 3.23. The van der Waals surface area contributed by atoms with Crippen molar-refractivity contribution in [3.05, 3.63) is 42.5 Å². The van der Waals surface area contributed by atoms with Crippen LogP contribution in [0.25, 0.3) is 0 Å². The van der Waals surface area contributed by atoms with Crippen molar-refractivity contribution in [2.24, 2.45) is 5.73 Å². The van der Waals surface area contributed by atoms with E-state index in [1.54, 1.807) is 0 Å². The fourth-order valence-corrected chi connectivity index (χ4v) is 1.85. The molecule has 0 aromatic heterocycles. The molecule has 2 N–H and O–H groups in total. The first-order valence-corrected chi connectivity index (χ1v) is 4.53. The predicted octanol–water partition coefficient (Wildman–Crippen LogP) is 1.69. The van der Waals surface area contributed by atoms with Crippen molar-refractivity contribution in [1.29, 1.82) is 0 Å². The van der Waals surface area contributed by atoms with Gasteiger partial charge in [-0.25, -0.2) is 0 Å². The van der Waals surface area contributed by atoms with Gasteiger partial charge in [-0.3, -0.25) is 0 Å². The maximum atomic E-state index is 5.99. The van der Waals surface area contributed by atoms with Crippen LogP contribution in [0.3, 0.4) is 0 Å². The van der Waals surface area contributed by atoms with E-state index in [2.05, 4.69) is 23.6 Å². The molecule has 2 rings (SSSR count). The van der Waals surface area contributed by atoms with E-state index in [4.69, 9.17) is 5.73 Å². The van der Waals surface area contributed by atoms with Gasteiger partial charge in [-0.2, -0.15) is 0 Å². The fourth-order valence-electron chi connectivity index (χ4n) is 1.85. The van der Waals surface area contributed by atoms with Crippen molar-refractivity contribution in [2.75, 3.05) is 18.0 Å². The normalized spacial score (nSPS) is 20.1. The lowest BCUT2D eigenvalue weighted by atomic mass is 10.1. The molecular formula is C11H14N2. The van der Waals surface area contributed by atoms with E-state index in [0.717, 1.165) is 13.1 Å². The minimum atomic E-state index is 0.163. The third-order valence-corrected chi connectivity index (χ3v) is 2.44. The maximum absolute atomic E-state index is 5.99. The van der Waals surface area contributed by atoms with Gasteiger partial charge in [-0.05, 0) is 11.6 Å². The molecule has 1 heterocycles. The van der Waals surface area contributed by atoms with Crippen molar-refractivity contribution < 1.29 is 0 Å². The van der Waals surface area contributed by atoms with Crippen LogP contribution in [0.15, 0.2) is 36.9 Å². The number of para-hydroxylation sites is 1. The molecule has 68 valence electrons. The first kappa shape index (κ1) is 8.32. The van der Waals surface area contributed by atoms with Crippen LogP contribution in [0, 0.1) is 0 Å². The Morgan fingerprint density at radius 1 is 1.54 bits per heavy atom. The van der Waals surface area contributed by atoms with E-state index in [0.29, 0.717) is 0 Å². The van der Waals surface area contributed by atoms with E-state index >= 15 is 0 Å². The molecule has 2 heteroatoms. The second-order valence-electron chi connectivity index (χ2n) is 3.36. The summed E-state index contributed by atoms with van der Waals surface area (Å²) in [7, 11) is 0. The van der Waals surface area contributed by atoms with Crippen LogP contribution < -0.4 is 10.6 Å². The molecule has 0 saturated carbocycles. The van der Waals surface area contributed by atoms with Crippen molar-refractivity contribution in [3.63, 3.8) is 0 Å². The van der Waals surface area contributed by atoms with Crippen molar-refractivity contribution >= 4 is 5.69 Å². The molecule has 1 aromatic carbocycles. The Morgan fingerprint density at radius 2 is 2.31 bits per heavy atom. The summed E-state index contributed by atoms with van der Waals surface area (Å²) in [5.41, 5.74) is 8.50. The number of fused-ring (bicyclic) bond motifs is 1. The Bertz CT molecular complexity index is 320. The van der Waals surface area contributed by atoms with Crippen molar-refractivity contribution in [3.8, 4) is 0 Å². The summed E-state index contributed by atoms with van der Waals surface area (Å²) in [6.45, 7) is 5.53. The predicted molar refractivity (Wildman–Crippen MR) is 55.8 cm³/mol. The van der Waals surface area contributed by atoms with E-state index in [1.165, 1.54) is 11.3 Å². The highest BCUT2D eigenvalue weighted by atomic mass is 15.2. The second-order valence-corrected chi connectivity index (χ2v) is 3.36. The molecule has 0 spiro atoms. The Hall–Kier alpha value is -1.28. The number of hydrogen-bond donors (Lipinski definition) is 1. The van der Waals surface area contributed by atoms with Crippen LogP contribution in [0.1, 0.15) is 11.6 Å². The van der Waals surface area contributed by atoms with Gasteiger partial charge in [0.05, 0.1) is 0 Å². The van der Waals surface area contributed by atoms with E-state index in [1.807, 2.05) is 18.2 Å². The zero-order valence-electron chi connectivity index (χ0n) is 7.61. The van der Waals surface area contributed by atoms with Crippen LogP contribution in [-0.2, 0) is 0 Å².